The Labute approximate surface area is 377 Å². The molecular weight excluding hydrogens is 874 g/mol. The van der Waals surface area contributed by atoms with Gasteiger partial charge in [0.15, 0.2) is 0 Å². The molecule has 8 aromatic carbocycles. The molecule has 2 aromatic heterocycles. The van der Waals surface area contributed by atoms with Gasteiger partial charge < -0.3 is 9.13 Å². The van der Waals surface area contributed by atoms with Crippen molar-refractivity contribution in [2.24, 2.45) is 0 Å². The van der Waals surface area contributed by atoms with E-state index in [0.29, 0.717) is 88.7 Å². The van der Waals surface area contributed by atoms with E-state index in [1.165, 1.54) is 6.07 Å². The van der Waals surface area contributed by atoms with Crippen molar-refractivity contribution < 1.29 is 39.5 Å². The van der Waals surface area contributed by atoms with Crippen LogP contribution in [0, 0.1) is 32.1 Å². The highest BCUT2D eigenvalue weighted by Gasteiger charge is 2.34. The Bertz CT molecular complexity index is 3510. The zero-order valence-corrected chi connectivity index (χ0v) is 35.7. The van der Waals surface area contributed by atoms with Gasteiger partial charge in [0.1, 0.15) is 0 Å². The van der Waals surface area contributed by atoms with E-state index in [4.69, 9.17) is 0 Å². The lowest BCUT2D eigenvalue weighted by Gasteiger charge is -2.22. The van der Waals surface area contributed by atoms with Crippen LogP contribution >= 0.6 is 0 Å². The van der Waals surface area contributed by atoms with E-state index in [-0.39, 0.29) is 11.1 Å². The number of aryl methyl sites for hydroxylation is 3. The molecule has 2 heterocycles. The highest BCUT2D eigenvalue weighted by molar-refractivity contribution is 6.13. The molecule has 3 nitrogen and oxygen atoms in total. The van der Waals surface area contributed by atoms with Gasteiger partial charge >= 0.3 is 18.5 Å². The molecule has 0 saturated carbocycles. The minimum absolute atomic E-state index is 0.210. The van der Waals surface area contributed by atoms with Crippen LogP contribution < -0.4 is 0 Å². The number of fused-ring (bicyclic) bond motifs is 6. The molecule has 0 aliphatic heterocycles. The lowest BCUT2D eigenvalue weighted by Crippen LogP contribution is -2.08. The maximum absolute atomic E-state index is 14.3. The van der Waals surface area contributed by atoms with Crippen LogP contribution in [0.25, 0.3) is 88.4 Å². The van der Waals surface area contributed by atoms with Crippen LogP contribution in [0.1, 0.15) is 38.9 Å². The smallest absolute Gasteiger partial charge is 0.308 e. The Morgan fingerprint density at radius 3 is 1.25 bits per heavy atom. The van der Waals surface area contributed by atoms with E-state index in [9.17, 15) is 44.8 Å². The summed E-state index contributed by atoms with van der Waals surface area (Å²) in [6, 6.07) is 42.4. The molecule has 10 aromatic rings. The van der Waals surface area contributed by atoms with E-state index < -0.39 is 35.2 Å². The van der Waals surface area contributed by atoms with E-state index >= 15 is 0 Å². The number of nitrogens with zero attached hydrogens (tertiary/aromatic N) is 3. The van der Waals surface area contributed by atoms with Gasteiger partial charge in [0, 0.05) is 27.1 Å². The molecule has 0 unspecified atom stereocenters. The summed E-state index contributed by atoms with van der Waals surface area (Å²) in [5.74, 6) is 0. The number of para-hydroxylation sites is 2. The molecule has 0 bridgehead atoms. The fraction of sp³-hybridized carbons (Fsp3) is 0.109. The predicted molar refractivity (Wildman–Crippen MR) is 245 cm³/mol. The fourth-order valence-electron chi connectivity index (χ4n) is 9.48. The molecule has 0 saturated heterocycles. The zero-order chi connectivity index (χ0) is 47.3. The number of aromatic nitrogens is 2. The second-order valence-corrected chi connectivity index (χ2v) is 16.9. The van der Waals surface area contributed by atoms with Gasteiger partial charge in [0.2, 0.25) is 0 Å². The first kappa shape index (κ1) is 43.1. The van der Waals surface area contributed by atoms with E-state index in [2.05, 4.69) is 6.07 Å². The molecule has 0 radical (unpaired) electrons. The Hall–Kier alpha value is -7.78. The van der Waals surface area contributed by atoms with Crippen molar-refractivity contribution in [3.63, 3.8) is 0 Å². The van der Waals surface area contributed by atoms with Gasteiger partial charge in [-0.25, -0.2) is 0 Å². The van der Waals surface area contributed by atoms with Crippen LogP contribution in [-0.4, -0.2) is 9.13 Å². The van der Waals surface area contributed by atoms with Crippen molar-refractivity contribution in [1.29, 1.82) is 5.26 Å². The number of hydrogen-bond acceptors (Lipinski definition) is 1. The van der Waals surface area contributed by atoms with Crippen molar-refractivity contribution in [2.45, 2.75) is 39.3 Å². The molecule has 0 aliphatic carbocycles. The maximum Gasteiger partial charge on any atom is 0.416 e. The minimum atomic E-state index is -4.65. The molecule has 12 heteroatoms. The summed E-state index contributed by atoms with van der Waals surface area (Å²) in [5, 5.41) is 13.6. The largest absolute Gasteiger partial charge is 0.416 e. The fourth-order valence-corrected chi connectivity index (χ4v) is 9.48. The van der Waals surface area contributed by atoms with Gasteiger partial charge in [-0.05, 0) is 150 Å². The molecule has 0 spiro atoms. The molecule has 67 heavy (non-hydrogen) atoms. The number of nitriles is 1. The Kier molecular flexibility index (Phi) is 9.92. The molecular formula is C55H34F9N3. The summed E-state index contributed by atoms with van der Waals surface area (Å²) < 4.78 is 131. The third-order valence-electron chi connectivity index (χ3n) is 12.4. The highest BCUT2D eigenvalue weighted by atomic mass is 19.4. The summed E-state index contributed by atoms with van der Waals surface area (Å²) in [6.07, 6.45) is -13.8. The van der Waals surface area contributed by atoms with Crippen molar-refractivity contribution in [3.8, 4) is 50.8 Å². The normalized spacial score (nSPS) is 12.5. The molecule has 0 amide bonds. The first-order chi connectivity index (χ1) is 31.8. The van der Waals surface area contributed by atoms with Crippen molar-refractivity contribution >= 4 is 43.6 Å². The van der Waals surface area contributed by atoms with Gasteiger partial charge in [0.25, 0.3) is 0 Å². The molecule has 332 valence electrons. The topological polar surface area (TPSA) is 33.6 Å². The monoisotopic (exact) mass is 907 g/mol. The summed E-state index contributed by atoms with van der Waals surface area (Å²) >= 11 is 0. The average Bonchev–Trinajstić information content (AvgIpc) is 3.79. The predicted octanol–water partition coefficient (Wildman–Crippen LogP) is 16.7. The lowest BCUT2D eigenvalue weighted by molar-refractivity contribution is -0.138. The van der Waals surface area contributed by atoms with Gasteiger partial charge in [-0.3, -0.25) is 0 Å². The summed E-state index contributed by atoms with van der Waals surface area (Å²) in [7, 11) is 0. The number of benzene rings is 8. The van der Waals surface area contributed by atoms with Crippen LogP contribution in [0.15, 0.2) is 152 Å². The third-order valence-corrected chi connectivity index (χ3v) is 12.4. The number of alkyl halides is 9. The summed E-state index contributed by atoms with van der Waals surface area (Å²) in [5.41, 5.74) is 5.01. The molecule has 10 rings (SSSR count). The van der Waals surface area contributed by atoms with Crippen molar-refractivity contribution in [2.75, 3.05) is 0 Å². The van der Waals surface area contributed by atoms with Gasteiger partial charge in [-0.15, -0.1) is 0 Å². The summed E-state index contributed by atoms with van der Waals surface area (Å²) in [6.45, 7) is 4.78. The minimum Gasteiger partial charge on any atom is -0.308 e. The van der Waals surface area contributed by atoms with Gasteiger partial charge in [-0.1, -0.05) is 66.7 Å². The average molecular weight is 908 g/mol. The lowest BCUT2D eigenvalue weighted by atomic mass is 9.93. The van der Waals surface area contributed by atoms with Crippen molar-refractivity contribution in [3.05, 3.63) is 191 Å². The second kappa shape index (κ2) is 15.4. The number of halogens is 9. The molecule has 0 N–H and O–H groups in total. The maximum atomic E-state index is 14.3. The van der Waals surface area contributed by atoms with Crippen LogP contribution in [0.4, 0.5) is 39.5 Å². The standard InChI is InChI=1S/C55H34F9N3/c1-30-18-36(25-39(20-30)54(59,60)61)34-12-16-48-44(27-34)42-8-4-6-10-46(42)66(48)50-23-33(29-65)24-51(52(50)41-15-14-38(22-32(41)3)53(56,57)58)67-47-11-7-5-9-43(47)45-28-35(13-17-49(45)67)37-19-31(2)21-40(26-37)55(62,63)64/h4-28H,1-3H3. The van der Waals surface area contributed by atoms with E-state index in [1.807, 2.05) is 69.8 Å². The van der Waals surface area contributed by atoms with E-state index in [0.717, 1.165) is 47.2 Å². The second-order valence-electron chi connectivity index (χ2n) is 16.9. The first-order valence-electron chi connectivity index (χ1n) is 21.0. The van der Waals surface area contributed by atoms with Crippen molar-refractivity contribution in [1.82, 2.24) is 9.13 Å². The number of hydrogen-bond donors (Lipinski definition) is 0. The quantitative estimate of drug-likeness (QED) is 0.158. The Morgan fingerprint density at radius 2 is 0.836 bits per heavy atom. The first-order valence-corrected chi connectivity index (χ1v) is 21.0. The molecule has 0 fully saturated rings. The van der Waals surface area contributed by atoms with Gasteiger partial charge in [0.05, 0.1) is 61.8 Å². The van der Waals surface area contributed by atoms with E-state index in [1.54, 1.807) is 69.3 Å². The van der Waals surface area contributed by atoms with Gasteiger partial charge in [-0.2, -0.15) is 44.8 Å². The Morgan fingerprint density at radius 1 is 0.403 bits per heavy atom. The third kappa shape index (κ3) is 7.44. The van der Waals surface area contributed by atoms with Crippen LogP contribution in [-0.2, 0) is 18.5 Å². The van der Waals surface area contributed by atoms with Crippen LogP contribution in [0.3, 0.4) is 0 Å². The van der Waals surface area contributed by atoms with Crippen LogP contribution in [0.2, 0.25) is 0 Å². The highest BCUT2D eigenvalue weighted by Crippen LogP contribution is 2.46. The Balaban J connectivity index is 1.29. The molecule has 0 aliphatic rings. The SMILES string of the molecule is Cc1cc(-c2ccc3c(c2)c2ccccc2n3-c2cc(C#N)cc(-n3c4ccccc4c4cc(-c5cc(C)cc(C(F)(F)F)c5)ccc43)c2-c2ccc(C(F)(F)F)cc2C)cc(C(F)(F)F)c1. The number of rotatable bonds is 5. The summed E-state index contributed by atoms with van der Waals surface area (Å²) in [4.78, 5) is 0. The zero-order valence-electron chi connectivity index (χ0n) is 35.7. The molecule has 0 atom stereocenters. The van der Waals surface area contributed by atoms with Crippen LogP contribution in [0.5, 0.6) is 0 Å².